The van der Waals surface area contributed by atoms with Gasteiger partial charge in [0, 0.05) is 5.69 Å². The summed E-state index contributed by atoms with van der Waals surface area (Å²) in [6.07, 6.45) is 0.460. The second-order valence-electron chi connectivity index (χ2n) is 4.26. The number of anilines is 1. The molecule has 1 fully saturated rings. The molecule has 1 aliphatic rings. The summed E-state index contributed by atoms with van der Waals surface area (Å²) in [7, 11) is 0. The van der Waals surface area contributed by atoms with Gasteiger partial charge >= 0.3 is 6.03 Å². The molecule has 0 aromatic heterocycles. The average Bonchev–Trinajstić information content (AvgIpc) is 2.39. The highest BCUT2D eigenvalue weighted by Gasteiger charge is 2.35. The van der Waals surface area contributed by atoms with E-state index in [2.05, 4.69) is 10.6 Å². The van der Waals surface area contributed by atoms with Crippen molar-refractivity contribution in [1.29, 1.82) is 0 Å². The molecule has 6 heteroatoms. The molecule has 100 valence electrons. The highest BCUT2D eigenvalue weighted by Crippen LogP contribution is 2.12. The number of hydrogen-bond acceptors (Lipinski definition) is 3. The van der Waals surface area contributed by atoms with E-state index in [1.807, 2.05) is 6.07 Å². The maximum Gasteiger partial charge on any atom is 0.323 e. The first-order valence-corrected chi connectivity index (χ1v) is 6.08. The maximum absolute atomic E-state index is 12.1. The van der Waals surface area contributed by atoms with Crippen molar-refractivity contribution in [3.8, 4) is 0 Å². The van der Waals surface area contributed by atoms with Gasteiger partial charge < -0.3 is 10.2 Å². The Hall–Kier alpha value is -2.37. The quantitative estimate of drug-likeness (QED) is 0.778. The van der Waals surface area contributed by atoms with Crippen molar-refractivity contribution in [2.75, 3.05) is 11.9 Å². The van der Waals surface area contributed by atoms with Crippen molar-refractivity contribution in [3.63, 3.8) is 0 Å². The summed E-state index contributed by atoms with van der Waals surface area (Å²) in [5.41, 5.74) is 0.626. The molecule has 2 N–H and O–H groups in total. The summed E-state index contributed by atoms with van der Waals surface area (Å²) < 4.78 is 0. The normalized spacial score (nSPS) is 19.0. The summed E-state index contributed by atoms with van der Waals surface area (Å²) in [6.45, 7) is 1.69. The zero-order valence-electron chi connectivity index (χ0n) is 10.6. The Morgan fingerprint density at radius 2 is 2.05 bits per heavy atom. The molecule has 1 unspecified atom stereocenters. The Labute approximate surface area is 110 Å². The molecule has 19 heavy (non-hydrogen) atoms. The summed E-state index contributed by atoms with van der Waals surface area (Å²) >= 11 is 0. The molecule has 4 amide bonds. The van der Waals surface area contributed by atoms with Gasteiger partial charge in [0.1, 0.15) is 12.6 Å². The molecule has 0 aliphatic carbocycles. The minimum absolute atomic E-state index is 0.108. The minimum atomic E-state index is -0.610. The van der Waals surface area contributed by atoms with E-state index in [0.29, 0.717) is 12.1 Å². The van der Waals surface area contributed by atoms with Crippen molar-refractivity contribution in [2.45, 2.75) is 19.4 Å². The Morgan fingerprint density at radius 3 is 2.68 bits per heavy atom. The number of carbonyl (C=O) groups excluding carboxylic acids is 3. The first-order chi connectivity index (χ1) is 9.11. The number of nitrogens with zero attached hydrogens (tertiary/aromatic N) is 1. The summed E-state index contributed by atoms with van der Waals surface area (Å²) in [4.78, 5) is 36.4. The number of urea groups is 1. The number of benzene rings is 1. The third-order valence-electron chi connectivity index (χ3n) is 2.93. The fourth-order valence-electron chi connectivity index (χ4n) is 2.00. The molecule has 1 aromatic carbocycles. The lowest BCUT2D eigenvalue weighted by molar-refractivity contribution is -0.138. The number of para-hydroxylation sites is 1. The average molecular weight is 261 g/mol. The van der Waals surface area contributed by atoms with Gasteiger partial charge in [-0.05, 0) is 18.6 Å². The van der Waals surface area contributed by atoms with E-state index in [0.717, 1.165) is 0 Å². The molecule has 0 saturated carbocycles. The number of carbonyl (C=O) groups is 3. The Morgan fingerprint density at radius 1 is 1.37 bits per heavy atom. The van der Waals surface area contributed by atoms with Crippen LogP contribution in [0.3, 0.4) is 0 Å². The summed E-state index contributed by atoms with van der Waals surface area (Å²) in [6, 6.07) is 7.85. The Balaban J connectivity index is 2.12. The Bertz CT molecular complexity index is 501. The smallest absolute Gasteiger partial charge is 0.308 e. The van der Waals surface area contributed by atoms with Gasteiger partial charge in [-0.15, -0.1) is 0 Å². The number of rotatable bonds is 2. The fourth-order valence-corrected chi connectivity index (χ4v) is 2.00. The maximum atomic E-state index is 12.1. The molecular weight excluding hydrogens is 246 g/mol. The van der Waals surface area contributed by atoms with Gasteiger partial charge in [-0.25, -0.2) is 4.79 Å². The van der Waals surface area contributed by atoms with Crippen LogP contribution in [0.4, 0.5) is 10.5 Å². The van der Waals surface area contributed by atoms with Gasteiger partial charge in [-0.1, -0.05) is 25.1 Å². The van der Waals surface area contributed by atoms with E-state index in [1.54, 1.807) is 31.2 Å². The van der Waals surface area contributed by atoms with Crippen LogP contribution in [0.25, 0.3) is 0 Å². The van der Waals surface area contributed by atoms with Gasteiger partial charge in [-0.3, -0.25) is 14.9 Å². The van der Waals surface area contributed by atoms with Crippen LogP contribution in [0.1, 0.15) is 13.3 Å². The second-order valence-corrected chi connectivity index (χ2v) is 4.26. The molecular formula is C13H15N3O3. The highest BCUT2D eigenvalue weighted by atomic mass is 16.2. The van der Waals surface area contributed by atoms with Gasteiger partial charge in [0.2, 0.25) is 11.8 Å². The number of amides is 4. The van der Waals surface area contributed by atoms with Crippen LogP contribution >= 0.6 is 0 Å². The Kier molecular flexibility index (Phi) is 3.79. The number of nitrogens with one attached hydrogen (secondary N) is 2. The molecule has 1 atom stereocenters. The third kappa shape index (κ3) is 2.90. The van der Waals surface area contributed by atoms with Crippen LogP contribution in [0.15, 0.2) is 30.3 Å². The van der Waals surface area contributed by atoms with Crippen molar-refractivity contribution < 1.29 is 14.4 Å². The molecule has 0 spiro atoms. The highest BCUT2D eigenvalue weighted by molar-refractivity contribution is 6.05. The molecule has 2 rings (SSSR count). The zero-order chi connectivity index (χ0) is 13.8. The van der Waals surface area contributed by atoms with Gasteiger partial charge in [0.05, 0.1) is 0 Å². The molecule has 1 aliphatic heterocycles. The lowest BCUT2D eigenvalue weighted by atomic mass is 10.1. The van der Waals surface area contributed by atoms with Crippen molar-refractivity contribution in [2.24, 2.45) is 0 Å². The number of hydrogen-bond donors (Lipinski definition) is 2. The van der Waals surface area contributed by atoms with Crippen molar-refractivity contribution in [3.05, 3.63) is 30.3 Å². The van der Waals surface area contributed by atoms with Crippen LogP contribution in [0.5, 0.6) is 0 Å². The van der Waals surface area contributed by atoms with Crippen LogP contribution in [0, 0.1) is 0 Å². The topological polar surface area (TPSA) is 78.5 Å². The monoisotopic (exact) mass is 261 g/mol. The number of piperazine rings is 1. The molecule has 1 aromatic rings. The second kappa shape index (κ2) is 5.51. The largest absolute Gasteiger partial charge is 0.323 e. The fraction of sp³-hybridized carbons (Fsp3) is 0.308. The SMILES string of the molecule is CCC1C(=O)NC(=O)CN1C(=O)Nc1ccccc1. The predicted molar refractivity (Wildman–Crippen MR) is 69.4 cm³/mol. The summed E-state index contributed by atoms with van der Waals surface area (Å²) in [5, 5.41) is 4.90. The summed E-state index contributed by atoms with van der Waals surface area (Å²) in [5.74, 6) is -0.889. The van der Waals surface area contributed by atoms with E-state index < -0.39 is 23.9 Å². The van der Waals surface area contributed by atoms with Crippen molar-refractivity contribution in [1.82, 2.24) is 10.2 Å². The minimum Gasteiger partial charge on any atom is -0.308 e. The van der Waals surface area contributed by atoms with E-state index >= 15 is 0 Å². The standard InChI is InChI=1S/C13H15N3O3/c1-2-10-12(18)15-11(17)8-16(10)13(19)14-9-6-4-3-5-7-9/h3-7,10H,2,8H2,1H3,(H,14,19)(H,15,17,18). The predicted octanol–water partition coefficient (Wildman–Crippen LogP) is 0.955. The van der Waals surface area contributed by atoms with Crippen molar-refractivity contribution >= 4 is 23.5 Å². The van der Waals surface area contributed by atoms with Crippen LogP contribution in [0.2, 0.25) is 0 Å². The first-order valence-electron chi connectivity index (χ1n) is 6.08. The van der Waals surface area contributed by atoms with E-state index in [4.69, 9.17) is 0 Å². The third-order valence-corrected chi connectivity index (χ3v) is 2.93. The molecule has 1 heterocycles. The van der Waals surface area contributed by atoms with Crippen LogP contribution in [-0.4, -0.2) is 35.3 Å². The first kappa shape index (κ1) is 13.1. The van der Waals surface area contributed by atoms with Gasteiger partial charge in [-0.2, -0.15) is 0 Å². The van der Waals surface area contributed by atoms with E-state index in [-0.39, 0.29) is 6.54 Å². The van der Waals surface area contributed by atoms with Gasteiger partial charge in [0.15, 0.2) is 0 Å². The van der Waals surface area contributed by atoms with Crippen LogP contribution < -0.4 is 10.6 Å². The lowest BCUT2D eigenvalue weighted by Gasteiger charge is -2.33. The van der Waals surface area contributed by atoms with E-state index in [1.165, 1.54) is 4.90 Å². The van der Waals surface area contributed by atoms with Crippen LogP contribution in [-0.2, 0) is 9.59 Å². The zero-order valence-corrected chi connectivity index (χ0v) is 10.6. The van der Waals surface area contributed by atoms with E-state index in [9.17, 15) is 14.4 Å². The lowest BCUT2D eigenvalue weighted by Crippen LogP contribution is -2.60. The molecule has 1 saturated heterocycles. The number of imide groups is 1. The molecule has 0 radical (unpaired) electrons. The molecule has 6 nitrogen and oxygen atoms in total. The van der Waals surface area contributed by atoms with Gasteiger partial charge in [0.25, 0.3) is 0 Å². The molecule has 0 bridgehead atoms.